The monoisotopic (exact) mass is 214 g/mol. The fraction of sp³-hybridized carbons (Fsp3) is 0.308. The zero-order valence-corrected chi connectivity index (χ0v) is 9.23. The average molecular weight is 214 g/mol. The van der Waals surface area contributed by atoms with Gasteiger partial charge in [-0.3, -0.25) is 0 Å². The Bertz CT molecular complexity index is 520. The molecule has 0 saturated heterocycles. The van der Waals surface area contributed by atoms with E-state index < -0.39 is 0 Å². The van der Waals surface area contributed by atoms with Crippen LogP contribution in [-0.2, 0) is 0 Å². The highest BCUT2D eigenvalue weighted by Gasteiger charge is 2.22. The molecule has 3 rings (SSSR count). The van der Waals surface area contributed by atoms with Gasteiger partial charge in [0.05, 0.1) is 7.11 Å². The molecule has 0 aliphatic heterocycles. The summed E-state index contributed by atoms with van der Waals surface area (Å²) in [5.41, 5.74) is 0. The van der Waals surface area contributed by atoms with Gasteiger partial charge in [0.1, 0.15) is 11.6 Å². The molecular formula is C13H14N2O. The van der Waals surface area contributed by atoms with Crippen LogP contribution in [0.5, 0.6) is 5.75 Å². The van der Waals surface area contributed by atoms with Crippen molar-refractivity contribution in [2.75, 3.05) is 12.4 Å². The molecule has 0 radical (unpaired) electrons. The first kappa shape index (κ1) is 9.46. The second-order valence-corrected chi connectivity index (χ2v) is 4.17. The SMILES string of the molecule is COc1ccc2ccnc(NC3CC3)c2c1. The van der Waals surface area contributed by atoms with E-state index in [1.165, 1.54) is 18.2 Å². The lowest BCUT2D eigenvalue weighted by Crippen LogP contribution is -2.03. The third-order valence-corrected chi connectivity index (χ3v) is 2.89. The van der Waals surface area contributed by atoms with Crippen molar-refractivity contribution in [2.45, 2.75) is 18.9 Å². The number of anilines is 1. The number of rotatable bonds is 3. The normalized spacial score (nSPS) is 15.1. The molecule has 3 nitrogen and oxygen atoms in total. The number of benzene rings is 1. The lowest BCUT2D eigenvalue weighted by atomic mass is 10.1. The first-order chi connectivity index (χ1) is 7.86. The Hall–Kier alpha value is -1.77. The standard InChI is InChI=1S/C13H14N2O/c1-16-11-5-2-9-6-7-14-13(12(9)8-11)15-10-3-4-10/h2,5-8,10H,3-4H2,1H3,(H,14,15). The topological polar surface area (TPSA) is 34.1 Å². The van der Waals surface area contributed by atoms with Crippen LogP contribution in [0.1, 0.15) is 12.8 Å². The molecule has 3 heteroatoms. The number of nitrogens with zero attached hydrogens (tertiary/aromatic N) is 1. The van der Waals surface area contributed by atoms with Crippen molar-refractivity contribution in [3.63, 3.8) is 0 Å². The van der Waals surface area contributed by atoms with E-state index in [1.807, 2.05) is 24.4 Å². The van der Waals surface area contributed by atoms with Crippen LogP contribution in [0.3, 0.4) is 0 Å². The Kier molecular flexibility index (Phi) is 2.17. The van der Waals surface area contributed by atoms with Crippen molar-refractivity contribution in [2.24, 2.45) is 0 Å². The number of ether oxygens (including phenoxy) is 1. The Labute approximate surface area is 94.5 Å². The highest BCUT2D eigenvalue weighted by Crippen LogP contribution is 2.30. The first-order valence-corrected chi connectivity index (χ1v) is 5.56. The molecule has 1 aliphatic rings. The minimum Gasteiger partial charge on any atom is -0.497 e. The van der Waals surface area contributed by atoms with Crippen LogP contribution in [-0.4, -0.2) is 18.1 Å². The fourth-order valence-electron chi connectivity index (χ4n) is 1.81. The first-order valence-electron chi connectivity index (χ1n) is 5.56. The van der Waals surface area contributed by atoms with Gasteiger partial charge in [0, 0.05) is 17.6 Å². The maximum Gasteiger partial charge on any atom is 0.134 e. The highest BCUT2D eigenvalue weighted by atomic mass is 16.5. The molecular weight excluding hydrogens is 200 g/mol. The van der Waals surface area contributed by atoms with Gasteiger partial charge >= 0.3 is 0 Å². The van der Waals surface area contributed by atoms with Crippen LogP contribution in [0.2, 0.25) is 0 Å². The molecule has 0 atom stereocenters. The van der Waals surface area contributed by atoms with E-state index in [0.29, 0.717) is 6.04 Å². The maximum atomic E-state index is 5.24. The fourth-order valence-corrected chi connectivity index (χ4v) is 1.81. The molecule has 1 aliphatic carbocycles. The molecule has 1 fully saturated rings. The lowest BCUT2D eigenvalue weighted by molar-refractivity contribution is 0.415. The summed E-state index contributed by atoms with van der Waals surface area (Å²) in [6.07, 6.45) is 4.35. The summed E-state index contributed by atoms with van der Waals surface area (Å²) in [5, 5.41) is 5.77. The van der Waals surface area contributed by atoms with Crippen LogP contribution >= 0.6 is 0 Å². The van der Waals surface area contributed by atoms with Gasteiger partial charge in [-0.25, -0.2) is 4.98 Å². The molecule has 1 N–H and O–H groups in total. The summed E-state index contributed by atoms with van der Waals surface area (Å²) in [5.74, 6) is 1.85. The molecule has 1 saturated carbocycles. The van der Waals surface area contributed by atoms with Gasteiger partial charge in [-0.2, -0.15) is 0 Å². The second-order valence-electron chi connectivity index (χ2n) is 4.17. The maximum absolute atomic E-state index is 5.24. The van der Waals surface area contributed by atoms with Crippen molar-refractivity contribution < 1.29 is 4.74 Å². The van der Waals surface area contributed by atoms with Gasteiger partial charge in [0.2, 0.25) is 0 Å². The summed E-state index contributed by atoms with van der Waals surface area (Å²) < 4.78 is 5.24. The van der Waals surface area contributed by atoms with Gasteiger partial charge < -0.3 is 10.1 Å². The molecule has 0 spiro atoms. The van der Waals surface area contributed by atoms with Crippen molar-refractivity contribution in [3.8, 4) is 5.75 Å². The van der Waals surface area contributed by atoms with Gasteiger partial charge in [-0.05, 0) is 36.4 Å². The van der Waals surface area contributed by atoms with Crippen LogP contribution < -0.4 is 10.1 Å². The largest absolute Gasteiger partial charge is 0.497 e. The molecule has 2 aromatic rings. The van der Waals surface area contributed by atoms with E-state index in [0.717, 1.165) is 17.0 Å². The molecule has 16 heavy (non-hydrogen) atoms. The number of fused-ring (bicyclic) bond motifs is 1. The van der Waals surface area contributed by atoms with Gasteiger partial charge in [-0.15, -0.1) is 0 Å². The quantitative estimate of drug-likeness (QED) is 0.853. The van der Waals surface area contributed by atoms with Gasteiger partial charge in [0.25, 0.3) is 0 Å². The van der Waals surface area contributed by atoms with Crippen LogP contribution in [0.25, 0.3) is 10.8 Å². The van der Waals surface area contributed by atoms with Crippen LogP contribution in [0, 0.1) is 0 Å². The Morgan fingerprint density at radius 3 is 2.94 bits per heavy atom. The van der Waals surface area contributed by atoms with Gasteiger partial charge in [-0.1, -0.05) is 6.07 Å². The summed E-state index contributed by atoms with van der Waals surface area (Å²) in [7, 11) is 1.69. The summed E-state index contributed by atoms with van der Waals surface area (Å²) >= 11 is 0. The van der Waals surface area contributed by atoms with E-state index in [9.17, 15) is 0 Å². The summed E-state index contributed by atoms with van der Waals surface area (Å²) in [4.78, 5) is 4.40. The summed E-state index contributed by atoms with van der Waals surface area (Å²) in [6.45, 7) is 0. The predicted molar refractivity (Wildman–Crippen MR) is 64.9 cm³/mol. The molecule has 0 amide bonds. The van der Waals surface area contributed by atoms with E-state index in [-0.39, 0.29) is 0 Å². The molecule has 0 unspecified atom stereocenters. The number of hydrogen-bond acceptors (Lipinski definition) is 3. The van der Waals surface area contributed by atoms with Crippen molar-refractivity contribution in [1.82, 2.24) is 4.98 Å². The third kappa shape index (κ3) is 1.69. The van der Waals surface area contributed by atoms with Gasteiger partial charge in [0.15, 0.2) is 0 Å². The van der Waals surface area contributed by atoms with E-state index in [1.54, 1.807) is 7.11 Å². The van der Waals surface area contributed by atoms with E-state index >= 15 is 0 Å². The smallest absolute Gasteiger partial charge is 0.134 e. The predicted octanol–water partition coefficient (Wildman–Crippen LogP) is 2.82. The van der Waals surface area contributed by atoms with Crippen LogP contribution in [0.15, 0.2) is 30.5 Å². The van der Waals surface area contributed by atoms with E-state index in [2.05, 4.69) is 16.4 Å². The highest BCUT2D eigenvalue weighted by molar-refractivity contribution is 5.92. The number of methoxy groups -OCH3 is 1. The van der Waals surface area contributed by atoms with E-state index in [4.69, 9.17) is 4.74 Å². The molecule has 1 aromatic heterocycles. The van der Waals surface area contributed by atoms with Crippen LogP contribution in [0.4, 0.5) is 5.82 Å². The minimum atomic E-state index is 0.615. The Morgan fingerprint density at radius 2 is 2.19 bits per heavy atom. The Morgan fingerprint density at radius 1 is 1.31 bits per heavy atom. The second kappa shape index (κ2) is 3.67. The zero-order valence-electron chi connectivity index (χ0n) is 9.23. The van der Waals surface area contributed by atoms with Crippen molar-refractivity contribution in [1.29, 1.82) is 0 Å². The molecule has 82 valence electrons. The average Bonchev–Trinajstić information content (AvgIpc) is 3.13. The third-order valence-electron chi connectivity index (χ3n) is 2.89. The zero-order chi connectivity index (χ0) is 11.0. The van der Waals surface area contributed by atoms with Crippen molar-refractivity contribution in [3.05, 3.63) is 30.5 Å². The molecule has 0 bridgehead atoms. The number of aromatic nitrogens is 1. The number of nitrogens with one attached hydrogen (secondary N) is 1. The van der Waals surface area contributed by atoms with Crippen molar-refractivity contribution >= 4 is 16.6 Å². The Balaban J connectivity index is 2.10. The number of pyridine rings is 1. The molecule has 1 aromatic carbocycles. The minimum absolute atomic E-state index is 0.615. The number of hydrogen-bond donors (Lipinski definition) is 1. The lowest BCUT2D eigenvalue weighted by Gasteiger charge is -2.08. The molecule has 1 heterocycles. The summed E-state index contributed by atoms with van der Waals surface area (Å²) in [6, 6.07) is 8.71.